The largest absolute Gasteiger partial charge is 0.508 e. The van der Waals surface area contributed by atoms with Gasteiger partial charge in [0.15, 0.2) is 24.3 Å². The maximum atomic E-state index is 16.0. The number of rotatable bonds is 12. The molecule has 2 saturated heterocycles. The van der Waals surface area contributed by atoms with Gasteiger partial charge in [-0.2, -0.15) is 5.26 Å². The van der Waals surface area contributed by atoms with E-state index in [2.05, 4.69) is 16.7 Å². The zero-order chi connectivity index (χ0) is 43.6. The second-order valence-electron chi connectivity index (χ2n) is 15.4. The number of carbonyl (C=O) groups excluding carboxylic acids is 3. The van der Waals surface area contributed by atoms with Crippen molar-refractivity contribution in [2.75, 3.05) is 25.6 Å². The Balaban J connectivity index is 1.35. The van der Waals surface area contributed by atoms with Crippen molar-refractivity contribution in [3.63, 3.8) is 0 Å². The number of halogens is 4. The number of nitrogens with zero attached hydrogens (tertiary/aromatic N) is 1. The first-order valence-electron chi connectivity index (χ1n) is 18.2. The molecular weight excluding hydrogens is 823 g/mol. The van der Waals surface area contributed by atoms with E-state index in [4.69, 9.17) is 46.9 Å². The van der Waals surface area contributed by atoms with Crippen LogP contribution < -0.4 is 15.4 Å². The molecule has 2 fully saturated rings. The van der Waals surface area contributed by atoms with Gasteiger partial charge in [0.1, 0.15) is 42.1 Å². The Bertz CT molecular complexity index is 2110. The number of hydrogen-bond acceptors (Lipinski definition) is 14. The van der Waals surface area contributed by atoms with Crippen LogP contribution in [0.1, 0.15) is 61.5 Å². The molecule has 0 aromatic heterocycles. The summed E-state index contributed by atoms with van der Waals surface area (Å²) in [6.07, 6.45) is -8.25. The number of aliphatic hydroxyl groups excluding tert-OH is 2. The lowest BCUT2D eigenvalue weighted by atomic mass is 9.62. The van der Waals surface area contributed by atoms with Crippen molar-refractivity contribution in [3.05, 3.63) is 93.0 Å². The fourth-order valence-corrected chi connectivity index (χ4v) is 7.74. The maximum absolute atomic E-state index is 16.0. The molecule has 0 spiro atoms. The van der Waals surface area contributed by atoms with Crippen molar-refractivity contribution in [1.82, 2.24) is 5.32 Å². The summed E-state index contributed by atoms with van der Waals surface area (Å²) in [6.45, 7) is 5.58. The molecule has 2 heterocycles. The van der Waals surface area contributed by atoms with Gasteiger partial charge in [0, 0.05) is 22.5 Å². The summed E-state index contributed by atoms with van der Waals surface area (Å²) in [4.78, 5) is 39.5. The molecule has 8 atom stereocenters. The maximum Gasteiger partial charge on any atom is 0.508 e. The summed E-state index contributed by atoms with van der Waals surface area (Å²) in [5.74, 6) is -7.32. The number of ether oxygens (including phenoxy) is 5. The van der Waals surface area contributed by atoms with Gasteiger partial charge in [0.2, 0.25) is 5.91 Å². The molecule has 2 aliphatic heterocycles. The van der Waals surface area contributed by atoms with Crippen molar-refractivity contribution in [2.45, 2.75) is 87.9 Å². The highest BCUT2D eigenvalue weighted by molar-refractivity contribution is 6.31. The highest BCUT2D eigenvalue weighted by Gasteiger charge is 2.61. The summed E-state index contributed by atoms with van der Waals surface area (Å²) in [5.41, 5.74) is -2.53. The van der Waals surface area contributed by atoms with Gasteiger partial charge in [-0.15, -0.1) is 0 Å². The number of carbonyl (C=O) groups is 3. The van der Waals surface area contributed by atoms with Gasteiger partial charge < -0.3 is 54.7 Å². The molecule has 3 aromatic rings. The normalized spacial score (nSPS) is 25.5. The Morgan fingerprint density at radius 2 is 1.71 bits per heavy atom. The van der Waals surface area contributed by atoms with Crippen LogP contribution in [-0.4, -0.2) is 101 Å². The number of aliphatic hydroxyl groups is 4. The van der Waals surface area contributed by atoms with E-state index in [1.165, 1.54) is 55.6 Å². The molecule has 5 rings (SSSR count). The first-order chi connectivity index (χ1) is 27.6. The number of nitrogens with one attached hydrogen (secondary N) is 2. The molecule has 0 radical (unpaired) electrons. The molecule has 15 nitrogen and oxygen atoms in total. The van der Waals surface area contributed by atoms with E-state index in [-0.39, 0.29) is 44.6 Å². The first kappa shape index (κ1) is 45.4. The van der Waals surface area contributed by atoms with Crippen LogP contribution in [-0.2, 0) is 29.2 Å². The number of amides is 1. The van der Waals surface area contributed by atoms with E-state index in [0.717, 1.165) is 13.0 Å². The predicted octanol–water partition coefficient (Wildman–Crippen LogP) is 4.70. The van der Waals surface area contributed by atoms with Gasteiger partial charge in [-0.1, -0.05) is 62.2 Å². The SMILES string of the molecule is COc1cc(C(=O)OCCOC(=O)O[C@@H]2[C@@H](O)[C@@H](O)O[C@H]2C(C)(O)O)ccc1NC(=O)[C@@H]1N[C@@H](CC(C)(C)C)[C@](C#N)(c2ccc(Cl)cc2F)[C@H]1c1cccc(Cl)c1F. The second-order valence-corrected chi connectivity index (χ2v) is 16.3. The van der Waals surface area contributed by atoms with Crippen LogP contribution in [0.2, 0.25) is 10.0 Å². The third-order valence-corrected chi connectivity index (χ3v) is 10.5. The molecule has 318 valence electrons. The summed E-state index contributed by atoms with van der Waals surface area (Å²) in [5, 5.41) is 56.1. The molecule has 19 heteroatoms. The zero-order valence-electron chi connectivity index (χ0n) is 32.4. The lowest BCUT2D eigenvalue weighted by Gasteiger charge is -2.37. The Morgan fingerprint density at radius 3 is 2.34 bits per heavy atom. The molecule has 0 saturated carbocycles. The molecule has 59 heavy (non-hydrogen) atoms. The minimum atomic E-state index is -2.60. The molecule has 2 aliphatic rings. The van der Waals surface area contributed by atoms with E-state index >= 15 is 8.78 Å². The number of anilines is 1. The topological polar surface area (TPSA) is 226 Å². The minimum absolute atomic E-state index is 0.00788. The van der Waals surface area contributed by atoms with Gasteiger partial charge in [0.05, 0.1) is 35.5 Å². The highest BCUT2D eigenvalue weighted by atomic mass is 35.5. The van der Waals surface area contributed by atoms with Crippen LogP contribution in [0.4, 0.5) is 19.3 Å². The molecule has 0 unspecified atom stereocenters. The van der Waals surface area contributed by atoms with Crippen molar-refractivity contribution in [2.24, 2.45) is 5.41 Å². The lowest BCUT2D eigenvalue weighted by Crippen LogP contribution is -2.49. The number of benzene rings is 3. The number of esters is 1. The molecule has 6 N–H and O–H groups in total. The number of hydrogen-bond donors (Lipinski definition) is 6. The Morgan fingerprint density at radius 1 is 1.02 bits per heavy atom. The van der Waals surface area contributed by atoms with Gasteiger partial charge in [-0.25, -0.2) is 18.4 Å². The van der Waals surface area contributed by atoms with Gasteiger partial charge in [-0.05, 0) is 60.7 Å². The molecule has 0 aliphatic carbocycles. The first-order valence-corrected chi connectivity index (χ1v) is 18.9. The van der Waals surface area contributed by atoms with E-state index in [9.17, 15) is 40.1 Å². The minimum Gasteiger partial charge on any atom is -0.495 e. The van der Waals surface area contributed by atoms with Crippen LogP contribution in [0.15, 0.2) is 54.6 Å². The Labute approximate surface area is 347 Å². The third kappa shape index (κ3) is 9.72. The van der Waals surface area contributed by atoms with Crippen molar-refractivity contribution in [3.8, 4) is 11.8 Å². The third-order valence-electron chi connectivity index (χ3n) is 9.95. The zero-order valence-corrected chi connectivity index (χ0v) is 33.9. The average Bonchev–Trinajstić information content (AvgIpc) is 3.63. The van der Waals surface area contributed by atoms with Gasteiger partial charge in [-0.3, -0.25) is 4.79 Å². The van der Waals surface area contributed by atoms with E-state index in [0.29, 0.717) is 0 Å². The lowest BCUT2D eigenvalue weighted by molar-refractivity contribution is -0.252. The smallest absolute Gasteiger partial charge is 0.495 e. The van der Waals surface area contributed by atoms with Gasteiger partial charge in [0.25, 0.3) is 0 Å². The van der Waals surface area contributed by atoms with E-state index < -0.39 is 102 Å². The Kier molecular flexibility index (Phi) is 13.8. The van der Waals surface area contributed by atoms with E-state index in [1.807, 2.05) is 20.8 Å². The second kappa shape index (κ2) is 17.9. The van der Waals surface area contributed by atoms with Crippen LogP contribution in [0.25, 0.3) is 0 Å². The predicted molar refractivity (Wildman–Crippen MR) is 205 cm³/mol. The summed E-state index contributed by atoms with van der Waals surface area (Å²) in [6, 6.07) is 11.9. The van der Waals surface area contributed by atoms with Crippen molar-refractivity contribution < 1.29 is 67.3 Å². The van der Waals surface area contributed by atoms with Gasteiger partial charge >= 0.3 is 12.1 Å². The summed E-state index contributed by atoms with van der Waals surface area (Å²) >= 11 is 12.3. The Hall–Kier alpha value is -4.64. The van der Waals surface area contributed by atoms with Crippen LogP contribution >= 0.6 is 23.2 Å². The van der Waals surface area contributed by atoms with Crippen LogP contribution in [0, 0.1) is 28.4 Å². The molecular formula is C40H43Cl2F2N3O12. The molecule has 3 aromatic carbocycles. The monoisotopic (exact) mass is 865 g/mol. The fourth-order valence-electron chi connectivity index (χ4n) is 7.40. The standard InChI is InChI=1S/C40H43Cl2F2N3O12/c1-38(2,3)17-27-40(18-45,22-11-10-20(41)16-24(22)43)28(21-7-6-8-23(42)29(21)44)30(47-27)34(49)46-25-12-9-19(15-26(25)55-5)35(50)56-13-14-57-37(52)58-32-31(48)36(51)59-33(32)39(4,53)54/h6-12,15-16,27-28,30-33,36,47-48,51,53-54H,13-14,17H2,1-5H3,(H,46,49)/t27-,28-,30+,31+,32+,33+,36-,40-/m0/s1. The highest BCUT2D eigenvalue weighted by Crippen LogP contribution is 2.53. The average molecular weight is 867 g/mol. The van der Waals surface area contributed by atoms with E-state index in [1.54, 1.807) is 0 Å². The number of methoxy groups -OCH3 is 1. The molecule has 1 amide bonds. The summed E-state index contributed by atoms with van der Waals surface area (Å²) < 4.78 is 57.2. The molecule has 0 bridgehead atoms. The van der Waals surface area contributed by atoms with Crippen molar-refractivity contribution in [1.29, 1.82) is 5.26 Å². The van der Waals surface area contributed by atoms with Crippen LogP contribution in [0.5, 0.6) is 5.75 Å². The van der Waals surface area contributed by atoms with Crippen LogP contribution in [0.3, 0.4) is 0 Å². The number of nitriles is 1. The quantitative estimate of drug-likeness (QED) is 0.0825. The van der Waals surface area contributed by atoms with Crippen molar-refractivity contribution >= 4 is 46.9 Å². The summed E-state index contributed by atoms with van der Waals surface area (Å²) in [7, 11) is 1.27. The fraction of sp³-hybridized carbons (Fsp3) is 0.450.